The van der Waals surface area contributed by atoms with Gasteiger partial charge in [-0.2, -0.15) is 0 Å². The molecule has 24 heavy (non-hydrogen) atoms. The standard InChI is InChI=1S/C16H22N6O2/c1-21(2)15-12(5-4-6-17-15)16(24)18-11-7-10(8-11)14-20-19-13(9-23)22(14)3/h4-6,10-11,23H,7-9H2,1-3H3,(H,18,24). The number of anilines is 1. The number of hydrogen-bond acceptors (Lipinski definition) is 6. The van der Waals surface area contributed by atoms with E-state index in [-0.39, 0.29) is 24.5 Å². The number of carbonyl (C=O) groups excluding carboxylic acids is 1. The monoisotopic (exact) mass is 330 g/mol. The van der Waals surface area contributed by atoms with Crippen LogP contribution in [0.4, 0.5) is 5.82 Å². The third-order valence-electron chi connectivity index (χ3n) is 4.43. The zero-order valence-electron chi connectivity index (χ0n) is 14.1. The van der Waals surface area contributed by atoms with Gasteiger partial charge in [0.05, 0.1) is 5.56 Å². The minimum absolute atomic E-state index is 0.107. The topological polar surface area (TPSA) is 96.2 Å². The van der Waals surface area contributed by atoms with Crippen LogP contribution in [0.2, 0.25) is 0 Å². The van der Waals surface area contributed by atoms with Gasteiger partial charge < -0.3 is 19.9 Å². The second-order valence-corrected chi connectivity index (χ2v) is 6.30. The van der Waals surface area contributed by atoms with E-state index in [1.165, 1.54) is 0 Å². The van der Waals surface area contributed by atoms with Crippen LogP contribution in [-0.4, -0.2) is 50.9 Å². The normalized spacial score (nSPS) is 19.7. The average Bonchev–Trinajstić information content (AvgIpc) is 2.90. The van der Waals surface area contributed by atoms with Crippen molar-refractivity contribution in [2.75, 3.05) is 19.0 Å². The number of aliphatic hydroxyl groups excluding tert-OH is 1. The van der Waals surface area contributed by atoms with Crippen LogP contribution in [0.25, 0.3) is 0 Å². The minimum atomic E-state index is -0.120. The molecule has 8 heteroatoms. The summed E-state index contributed by atoms with van der Waals surface area (Å²) in [6.07, 6.45) is 3.32. The molecule has 128 valence electrons. The number of rotatable bonds is 5. The lowest BCUT2D eigenvalue weighted by molar-refractivity contribution is 0.0907. The molecule has 1 aliphatic carbocycles. The molecule has 2 N–H and O–H groups in total. The van der Waals surface area contributed by atoms with Crippen LogP contribution in [0, 0.1) is 0 Å². The summed E-state index contributed by atoms with van der Waals surface area (Å²) in [5.74, 6) is 2.23. The summed E-state index contributed by atoms with van der Waals surface area (Å²) in [5, 5.41) is 20.3. The van der Waals surface area contributed by atoms with E-state index in [2.05, 4.69) is 20.5 Å². The molecule has 0 atom stereocenters. The molecular weight excluding hydrogens is 308 g/mol. The van der Waals surface area contributed by atoms with E-state index in [1.54, 1.807) is 18.3 Å². The first-order valence-electron chi connectivity index (χ1n) is 7.93. The maximum absolute atomic E-state index is 12.5. The largest absolute Gasteiger partial charge is 0.388 e. The summed E-state index contributed by atoms with van der Waals surface area (Å²) < 4.78 is 1.83. The molecule has 1 fully saturated rings. The summed E-state index contributed by atoms with van der Waals surface area (Å²) in [6, 6.07) is 3.66. The Labute approximate surface area is 140 Å². The quantitative estimate of drug-likeness (QED) is 0.826. The predicted molar refractivity (Wildman–Crippen MR) is 88.7 cm³/mol. The Hall–Kier alpha value is -2.48. The predicted octanol–water partition coefficient (Wildman–Crippen LogP) is 0.444. The first kappa shape index (κ1) is 16.4. The fourth-order valence-corrected chi connectivity index (χ4v) is 3.01. The fourth-order valence-electron chi connectivity index (χ4n) is 3.01. The number of hydrogen-bond donors (Lipinski definition) is 2. The first-order valence-corrected chi connectivity index (χ1v) is 7.93. The zero-order valence-corrected chi connectivity index (χ0v) is 14.1. The van der Waals surface area contributed by atoms with Crippen LogP contribution < -0.4 is 10.2 Å². The summed E-state index contributed by atoms with van der Waals surface area (Å²) in [4.78, 5) is 18.6. The van der Waals surface area contributed by atoms with Crippen molar-refractivity contribution in [3.05, 3.63) is 35.5 Å². The van der Waals surface area contributed by atoms with Crippen molar-refractivity contribution >= 4 is 11.7 Å². The number of nitrogens with zero attached hydrogens (tertiary/aromatic N) is 5. The van der Waals surface area contributed by atoms with Gasteiger partial charge in [-0.05, 0) is 25.0 Å². The zero-order chi connectivity index (χ0) is 17.3. The molecular formula is C16H22N6O2. The Bertz CT molecular complexity index is 736. The average molecular weight is 330 g/mol. The van der Waals surface area contributed by atoms with Crippen LogP contribution in [0.1, 0.15) is 40.8 Å². The van der Waals surface area contributed by atoms with Gasteiger partial charge in [0.25, 0.3) is 5.91 Å². The highest BCUT2D eigenvalue weighted by Gasteiger charge is 2.35. The minimum Gasteiger partial charge on any atom is -0.388 e. The third kappa shape index (κ3) is 2.96. The lowest BCUT2D eigenvalue weighted by atomic mass is 9.79. The Kier molecular flexibility index (Phi) is 4.48. The van der Waals surface area contributed by atoms with Gasteiger partial charge in [-0.25, -0.2) is 4.98 Å². The number of pyridine rings is 1. The fraction of sp³-hybridized carbons (Fsp3) is 0.500. The van der Waals surface area contributed by atoms with Crippen molar-refractivity contribution in [2.24, 2.45) is 7.05 Å². The van der Waals surface area contributed by atoms with Gasteiger partial charge in [0, 0.05) is 39.3 Å². The maximum Gasteiger partial charge on any atom is 0.255 e. The Morgan fingerprint density at radius 2 is 2.17 bits per heavy atom. The maximum atomic E-state index is 12.5. The van der Waals surface area contributed by atoms with Crippen molar-refractivity contribution in [2.45, 2.75) is 31.4 Å². The number of aliphatic hydroxyl groups is 1. The lowest BCUT2D eigenvalue weighted by Crippen LogP contribution is -2.44. The highest BCUT2D eigenvalue weighted by molar-refractivity contribution is 5.99. The van der Waals surface area contributed by atoms with Gasteiger partial charge >= 0.3 is 0 Å². The lowest BCUT2D eigenvalue weighted by Gasteiger charge is -2.35. The van der Waals surface area contributed by atoms with E-state index in [1.807, 2.05) is 30.6 Å². The third-order valence-corrected chi connectivity index (χ3v) is 4.43. The second kappa shape index (κ2) is 6.56. The van der Waals surface area contributed by atoms with Gasteiger partial charge in [-0.15, -0.1) is 10.2 Å². The summed E-state index contributed by atoms with van der Waals surface area (Å²) >= 11 is 0. The highest BCUT2D eigenvalue weighted by Crippen LogP contribution is 2.36. The molecule has 1 saturated carbocycles. The van der Waals surface area contributed by atoms with E-state index in [0.29, 0.717) is 17.2 Å². The second-order valence-electron chi connectivity index (χ2n) is 6.30. The Morgan fingerprint density at radius 1 is 1.42 bits per heavy atom. The van der Waals surface area contributed by atoms with Gasteiger partial charge in [0.1, 0.15) is 18.2 Å². The number of aromatic nitrogens is 4. The van der Waals surface area contributed by atoms with E-state index < -0.39 is 0 Å². The molecule has 1 amide bonds. The Balaban J connectivity index is 1.61. The van der Waals surface area contributed by atoms with E-state index in [0.717, 1.165) is 18.7 Å². The molecule has 0 aromatic carbocycles. The highest BCUT2D eigenvalue weighted by atomic mass is 16.3. The molecule has 0 radical (unpaired) electrons. The number of carbonyl (C=O) groups is 1. The van der Waals surface area contributed by atoms with Crippen molar-refractivity contribution in [3.8, 4) is 0 Å². The molecule has 8 nitrogen and oxygen atoms in total. The van der Waals surface area contributed by atoms with E-state index >= 15 is 0 Å². The summed E-state index contributed by atoms with van der Waals surface area (Å²) in [7, 11) is 5.59. The SMILES string of the molecule is CN(C)c1ncccc1C(=O)NC1CC(c2nnc(CO)n2C)C1. The molecule has 3 rings (SSSR count). The molecule has 0 bridgehead atoms. The molecule has 0 spiro atoms. The van der Waals surface area contributed by atoms with Crippen molar-refractivity contribution < 1.29 is 9.90 Å². The van der Waals surface area contributed by atoms with Gasteiger partial charge in [0.15, 0.2) is 5.82 Å². The molecule has 2 aromatic rings. The van der Waals surface area contributed by atoms with E-state index in [9.17, 15) is 9.90 Å². The van der Waals surface area contributed by atoms with Crippen LogP contribution in [0.5, 0.6) is 0 Å². The smallest absolute Gasteiger partial charge is 0.255 e. The van der Waals surface area contributed by atoms with Gasteiger partial charge in [0.2, 0.25) is 0 Å². The van der Waals surface area contributed by atoms with Crippen LogP contribution >= 0.6 is 0 Å². The van der Waals surface area contributed by atoms with E-state index in [4.69, 9.17) is 0 Å². The number of nitrogens with one attached hydrogen (secondary N) is 1. The van der Waals surface area contributed by atoms with Crippen molar-refractivity contribution in [3.63, 3.8) is 0 Å². The molecule has 0 aliphatic heterocycles. The van der Waals surface area contributed by atoms with Crippen LogP contribution in [0.15, 0.2) is 18.3 Å². The molecule has 0 unspecified atom stereocenters. The van der Waals surface area contributed by atoms with Crippen molar-refractivity contribution in [1.29, 1.82) is 0 Å². The number of amides is 1. The van der Waals surface area contributed by atoms with Gasteiger partial charge in [-0.3, -0.25) is 4.79 Å². The molecule has 2 aromatic heterocycles. The Morgan fingerprint density at radius 3 is 2.79 bits per heavy atom. The summed E-state index contributed by atoms with van der Waals surface area (Å²) in [6.45, 7) is -0.120. The summed E-state index contributed by atoms with van der Waals surface area (Å²) in [5.41, 5.74) is 0.576. The molecule has 1 aliphatic rings. The van der Waals surface area contributed by atoms with Gasteiger partial charge in [-0.1, -0.05) is 0 Å². The van der Waals surface area contributed by atoms with Crippen LogP contribution in [-0.2, 0) is 13.7 Å². The first-order chi connectivity index (χ1) is 11.5. The molecule has 2 heterocycles. The van der Waals surface area contributed by atoms with Crippen molar-refractivity contribution in [1.82, 2.24) is 25.1 Å². The van der Waals surface area contributed by atoms with Crippen LogP contribution in [0.3, 0.4) is 0 Å². The molecule has 0 saturated heterocycles.